The fourth-order valence-electron chi connectivity index (χ4n) is 1.48. The van der Waals surface area contributed by atoms with Gasteiger partial charge in [0.1, 0.15) is 5.82 Å². The van der Waals surface area contributed by atoms with Gasteiger partial charge in [0.15, 0.2) is 0 Å². The van der Waals surface area contributed by atoms with Gasteiger partial charge in [-0.05, 0) is 30.3 Å². The molecule has 2 aromatic rings. The van der Waals surface area contributed by atoms with Gasteiger partial charge in [-0.2, -0.15) is 5.10 Å². The summed E-state index contributed by atoms with van der Waals surface area (Å²) in [5.74, 6) is -0.274. The molecule has 0 bridgehead atoms. The normalized spacial score (nSPS) is 10.2. The first-order valence-corrected chi connectivity index (χ1v) is 5.15. The molecule has 0 saturated heterocycles. The zero-order chi connectivity index (χ0) is 12.1. The van der Waals surface area contributed by atoms with Gasteiger partial charge < -0.3 is 4.74 Å². The molecule has 17 heavy (non-hydrogen) atoms. The maximum atomic E-state index is 12.7. The number of hydrogen-bond acceptors (Lipinski definition) is 3. The number of carbonyl (C=O) groups is 1. The Hall–Kier alpha value is -2.17. The van der Waals surface area contributed by atoms with Crippen LogP contribution in [0.3, 0.4) is 0 Å². The molecular formula is C12H11FN2O2. The summed E-state index contributed by atoms with van der Waals surface area (Å²) in [6.45, 7) is 0.728. The zero-order valence-electron chi connectivity index (χ0n) is 9.02. The predicted octanol–water partition coefficient (Wildman–Crippen LogP) is 1.93. The fourth-order valence-corrected chi connectivity index (χ4v) is 1.48. The number of hydrogen-bond donors (Lipinski definition) is 1. The Morgan fingerprint density at radius 2 is 2.12 bits per heavy atom. The molecule has 1 N–H and O–H groups in total. The first-order chi connectivity index (χ1) is 8.29. The summed E-state index contributed by atoms with van der Waals surface area (Å²) >= 11 is 0. The van der Waals surface area contributed by atoms with Gasteiger partial charge in [0.05, 0.1) is 12.3 Å². The number of nitrogens with one attached hydrogen (secondary N) is 1. The number of halogens is 1. The molecule has 1 aromatic heterocycles. The Bertz CT molecular complexity index is 493. The third-order valence-electron chi connectivity index (χ3n) is 2.33. The summed E-state index contributed by atoms with van der Waals surface area (Å²) in [6.07, 6.45) is 0.576. The van der Waals surface area contributed by atoms with E-state index in [0.717, 1.165) is 17.0 Å². The zero-order valence-corrected chi connectivity index (χ0v) is 9.02. The van der Waals surface area contributed by atoms with Gasteiger partial charge in [0.2, 0.25) is 0 Å². The third-order valence-corrected chi connectivity index (χ3v) is 2.33. The van der Waals surface area contributed by atoms with E-state index in [9.17, 15) is 9.18 Å². The lowest BCUT2D eigenvalue weighted by Crippen LogP contribution is -1.96. The maximum Gasteiger partial charge on any atom is 0.293 e. The van der Waals surface area contributed by atoms with E-state index in [0.29, 0.717) is 19.5 Å². The highest BCUT2D eigenvalue weighted by molar-refractivity contribution is 5.58. The fraction of sp³-hybridized carbons (Fsp3) is 0.167. The number of carbonyl (C=O) groups excluding carboxylic acids is 1. The SMILES string of the molecule is O=COCCc1cc(-c2ccc(F)cc2)n[nH]1. The average Bonchev–Trinajstić information content (AvgIpc) is 2.79. The average molecular weight is 234 g/mol. The van der Waals surface area contributed by atoms with Gasteiger partial charge in [-0.25, -0.2) is 4.39 Å². The molecule has 0 aliphatic heterocycles. The highest BCUT2D eigenvalue weighted by Gasteiger charge is 2.04. The van der Waals surface area contributed by atoms with Crippen molar-refractivity contribution in [2.75, 3.05) is 6.61 Å². The molecule has 0 fully saturated rings. The number of nitrogens with zero attached hydrogens (tertiary/aromatic N) is 1. The monoisotopic (exact) mass is 234 g/mol. The standard InChI is InChI=1S/C12H11FN2O2/c13-10-3-1-9(2-4-10)12-7-11(14-15-12)5-6-17-8-16/h1-4,7-8H,5-6H2,(H,14,15). The van der Waals surface area contributed by atoms with Crippen molar-refractivity contribution in [2.45, 2.75) is 6.42 Å². The number of aromatic amines is 1. The number of ether oxygens (including phenoxy) is 1. The minimum absolute atomic E-state index is 0.274. The van der Waals surface area contributed by atoms with Crippen molar-refractivity contribution < 1.29 is 13.9 Å². The number of rotatable bonds is 5. The second-order valence-electron chi connectivity index (χ2n) is 3.50. The van der Waals surface area contributed by atoms with Crippen molar-refractivity contribution in [3.63, 3.8) is 0 Å². The van der Waals surface area contributed by atoms with Crippen LogP contribution in [0.25, 0.3) is 11.3 Å². The van der Waals surface area contributed by atoms with Crippen LogP contribution in [0.2, 0.25) is 0 Å². The lowest BCUT2D eigenvalue weighted by Gasteiger charge is -1.95. The number of aromatic nitrogens is 2. The van der Waals surface area contributed by atoms with E-state index < -0.39 is 0 Å². The first-order valence-electron chi connectivity index (χ1n) is 5.15. The quantitative estimate of drug-likeness (QED) is 0.635. The second kappa shape index (κ2) is 5.25. The van der Waals surface area contributed by atoms with Crippen LogP contribution in [0.15, 0.2) is 30.3 Å². The lowest BCUT2D eigenvalue weighted by atomic mass is 10.1. The largest absolute Gasteiger partial charge is 0.467 e. The highest BCUT2D eigenvalue weighted by atomic mass is 19.1. The van der Waals surface area contributed by atoms with Crippen LogP contribution in [0.4, 0.5) is 4.39 Å². The van der Waals surface area contributed by atoms with E-state index in [-0.39, 0.29) is 5.82 Å². The van der Waals surface area contributed by atoms with Crippen molar-refractivity contribution >= 4 is 6.47 Å². The van der Waals surface area contributed by atoms with Crippen molar-refractivity contribution in [1.82, 2.24) is 10.2 Å². The molecule has 88 valence electrons. The van der Waals surface area contributed by atoms with Crippen LogP contribution in [0.5, 0.6) is 0 Å². The van der Waals surface area contributed by atoms with Crippen LogP contribution in [-0.2, 0) is 16.0 Å². The van der Waals surface area contributed by atoms with Crippen LogP contribution < -0.4 is 0 Å². The molecule has 0 radical (unpaired) electrons. The first kappa shape index (κ1) is 11.3. The molecule has 2 rings (SSSR count). The third kappa shape index (κ3) is 2.90. The Morgan fingerprint density at radius 1 is 1.35 bits per heavy atom. The highest BCUT2D eigenvalue weighted by Crippen LogP contribution is 2.18. The molecule has 1 heterocycles. The van der Waals surface area contributed by atoms with E-state index in [4.69, 9.17) is 0 Å². The van der Waals surface area contributed by atoms with E-state index >= 15 is 0 Å². The van der Waals surface area contributed by atoms with Gasteiger partial charge in [0.25, 0.3) is 6.47 Å². The summed E-state index contributed by atoms with van der Waals surface area (Å²) in [5.41, 5.74) is 2.45. The molecule has 0 spiro atoms. The van der Waals surface area contributed by atoms with Gasteiger partial charge in [-0.3, -0.25) is 9.89 Å². The number of benzene rings is 1. The van der Waals surface area contributed by atoms with E-state index in [1.165, 1.54) is 12.1 Å². The van der Waals surface area contributed by atoms with Gasteiger partial charge in [-0.1, -0.05) is 0 Å². The van der Waals surface area contributed by atoms with Gasteiger partial charge in [0, 0.05) is 17.7 Å². The summed E-state index contributed by atoms with van der Waals surface area (Å²) in [5, 5.41) is 6.94. The van der Waals surface area contributed by atoms with E-state index in [1.54, 1.807) is 12.1 Å². The molecule has 0 aliphatic carbocycles. The molecular weight excluding hydrogens is 223 g/mol. The summed E-state index contributed by atoms with van der Waals surface area (Å²) in [4.78, 5) is 9.97. The molecule has 1 aromatic carbocycles. The Kier molecular flexibility index (Phi) is 3.49. The summed E-state index contributed by atoms with van der Waals surface area (Å²) in [6, 6.07) is 7.95. The maximum absolute atomic E-state index is 12.7. The molecule has 0 atom stereocenters. The van der Waals surface area contributed by atoms with E-state index in [1.807, 2.05) is 6.07 Å². The summed E-state index contributed by atoms with van der Waals surface area (Å²) in [7, 11) is 0. The Morgan fingerprint density at radius 3 is 2.82 bits per heavy atom. The molecule has 0 saturated carbocycles. The van der Waals surface area contributed by atoms with Crippen LogP contribution in [0, 0.1) is 5.82 Å². The number of H-pyrrole nitrogens is 1. The van der Waals surface area contributed by atoms with Crippen molar-refractivity contribution in [3.8, 4) is 11.3 Å². The lowest BCUT2D eigenvalue weighted by molar-refractivity contribution is -0.128. The van der Waals surface area contributed by atoms with E-state index in [2.05, 4.69) is 14.9 Å². The summed E-state index contributed by atoms with van der Waals surface area (Å²) < 4.78 is 17.3. The van der Waals surface area contributed by atoms with Crippen molar-refractivity contribution in [3.05, 3.63) is 41.8 Å². The van der Waals surface area contributed by atoms with Gasteiger partial charge in [-0.15, -0.1) is 0 Å². The van der Waals surface area contributed by atoms with Crippen LogP contribution in [0.1, 0.15) is 5.69 Å². The smallest absolute Gasteiger partial charge is 0.293 e. The Labute approximate surface area is 97.4 Å². The van der Waals surface area contributed by atoms with Gasteiger partial charge >= 0.3 is 0 Å². The molecule has 5 heteroatoms. The van der Waals surface area contributed by atoms with Crippen LogP contribution in [-0.4, -0.2) is 23.3 Å². The van der Waals surface area contributed by atoms with Crippen molar-refractivity contribution in [2.24, 2.45) is 0 Å². The van der Waals surface area contributed by atoms with Crippen LogP contribution >= 0.6 is 0 Å². The topological polar surface area (TPSA) is 55.0 Å². The minimum Gasteiger partial charge on any atom is -0.467 e. The van der Waals surface area contributed by atoms with Crippen molar-refractivity contribution in [1.29, 1.82) is 0 Å². The molecule has 0 aliphatic rings. The molecule has 0 unspecified atom stereocenters. The minimum atomic E-state index is -0.274. The molecule has 4 nitrogen and oxygen atoms in total. The Balaban J connectivity index is 2.07. The predicted molar refractivity (Wildman–Crippen MR) is 59.7 cm³/mol. The molecule has 0 amide bonds. The second-order valence-corrected chi connectivity index (χ2v) is 3.50.